The fraction of sp³-hybridized carbons (Fsp3) is 0.520. The Bertz CT molecular complexity index is 1090. The molecule has 33 heavy (non-hydrogen) atoms. The Hall–Kier alpha value is -2.95. The number of halogens is 3. The molecule has 0 saturated heterocycles. The van der Waals surface area contributed by atoms with Crippen molar-refractivity contribution in [3.63, 3.8) is 0 Å². The fourth-order valence-corrected chi connectivity index (χ4v) is 4.93. The largest absolute Gasteiger partial charge is 0.435 e. The van der Waals surface area contributed by atoms with Crippen LogP contribution in [0.4, 0.5) is 13.2 Å². The second kappa shape index (κ2) is 8.12. The first-order chi connectivity index (χ1) is 15.8. The van der Waals surface area contributed by atoms with Crippen molar-refractivity contribution in [1.82, 2.24) is 4.90 Å². The minimum absolute atomic E-state index is 0.0917. The molecule has 2 N–H and O–H groups in total. The summed E-state index contributed by atoms with van der Waals surface area (Å²) in [5.41, 5.74) is 5.84. The summed E-state index contributed by atoms with van der Waals surface area (Å²) < 4.78 is 45.3. The molecule has 0 aromatic carbocycles. The summed E-state index contributed by atoms with van der Waals surface area (Å²) in [4.78, 5) is 19.6. The molecule has 1 heterocycles. The SMILES string of the molecule is CN1C(=O)[C@@](C2C=C(C3CC3)C(OC(F)F)=CC2)(C2C=CC(F)=C(C#CC3CC3)C2)N=C1N. The number of likely N-dealkylation sites (N-methyl/N-ethyl adjacent to an activating group) is 1. The molecule has 0 aromatic rings. The zero-order chi connectivity index (χ0) is 23.3. The number of hydrogen-bond acceptors (Lipinski definition) is 4. The van der Waals surface area contributed by atoms with Gasteiger partial charge in [-0.15, -0.1) is 0 Å². The Labute approximate surface area is 190 Å². The molecule has 5 aliphatic rings. The van der Waals surface area contributed by atoms with E-state index in [1.54, 1.807) is 19.2 Å². The molecular weight excluding hydrogens is 431 g/mol. The number of alkyl halides is 2. The number of amides is 1. The third kappa shape index (κ3) is 3.98. The van der Waals surface area contributed by atoms with Crippen LogP contribution in [0.2, 0.25) is 0 Å². The van der Waals surface area contributed by atoms with Gasteiger partial charge in [0.2, 0.25) is 0 Å². The van der Waals surface area contributed by atoms with Gasteiger partial charge in [0.15, 0.2) is 11.5 Å². The van der Waals surface area contributed by atoms with Crippen LogP contribution < -0.4 is 5.73 Å². The monoisotopic (exact) mass is 457 g/mol. The van der Waals surface area contributed by atoms with Crippen molar-refractivity contribution in [3.05, 3.63) is 47.0 Å². The Morgan fingerprint density at radius 2 is 2.03 bits per heavy atom. The van der Waals surface area contributed by atoms with Crippen molar-refractivity contribution < 1.29 is 22.7 Å². The second-order valence-corrected chi connectivity index (χ2v) is 9.38. The number of guanidine groups is 1. The van der Waals surface area contributed by atoms with Crippen LogP contribution in [0.1, 0.15) is 38.5 Å². The average Bonchev–Trinajstić information content (AvgIpc) is 3.69. The first-order valence-corrected chi connectivity index (χ1v) is 11.4. The molecular formula is C25H26F3N3O2. The van der Waals surface area contributed by atoms with Crippen LogP contribution in [0.25, 0.3) is 0 Å². The van der Waals surface area contributed by atoms with Crippen LogP contribution in [0, 0.1) is 35.5 Å². The van der Waals surface area contributed by atoms with Crippen LogP contribution in [0.3, 0.4) is 0 Å². The number of rotatable bonds is 5. The maximum atomic E-state index is 14.6. The number of aliphatic imine (C=N–C) groups is 1. The van der Waals surface area contributed by atoms with Gasteiger partial charge in [-0.25, -0.2) is 9.38 Å². The smallest absolute Gasteiger partial charge is 0.387 e. The van der Waals surface area contributed by atoms with Crippen molar-refractivity contribution in [2.75, 3.05) is 7.05 Å². The molecule has 8 heteroatoms. The van der Waals surface area contributed by atoms with Gasteiger partial charge in [-0.2, -0.15) is 8.78 Å². The second-order valence-electron chi connectivity index (χ2n) is 9.38. The highest BCUT2D eigenvalue weighted by atomic mass is 19.3. The Morgan fingerprint density at radius 3 is 2.64 bits per heavy atom. The quantitative estimate of drug-likeness (QED) is 0.629. The predicted octanol–water partition coefficient (Wildman–Crippen LogP) is 4.20. The molecule has 0 radical (unpaired) electrons. The molecule has 1 aliphatic heterocycles. The minimum atomic E-state index is -2.92. The van der Waals surface area contributed by atoms with E-state index in [4.69, 9.17) is 10.5 Å². The molecule has 2 unspecified atom stereocenters. The van der Waals surface area contributed by atoms with Gasteiger partial charge in [0.1, 0.15) is 11.6 Å². The maximum Gasteiger partial charge on any atom is 0.387 e. The van der Waals surface area contributed by atoms with E-state index in [2.05, 4.69) is 16.8 Å². The molecule has 0 aromatic heterocycles. The summed E-state index contributed by atoms with van der Waals surface area (Å²) in [5.74, 6) is 5.22. The van der Waals surface area contributed by atoms with E-state index in [1.165, 1.54) is 11.0 Å². The van der Waals surface area contributed by atoms with Gasteiger partial charge in [-0.1, -0.05) is 24.0 Å². The molecule has 0 bridgehead atoms. The highest BCUT2D eigenvalue weighted by molar-refractivity contribution is 6.07. The molecule has 2 fully saturated rings. The summed E-state index contributed by atoms with van der Waals surface area (Å²) >= 11 is 0. The first-order valence-electron chi connectivity index (χ1n) is 11.4. The number of ether oxygens (including phenoxy) is 1. The van der Waals surface area contributed by atoms with Crippen molar-refractivity contribution in [2.45, 2.75) is 50.7 Å². The number of nitrogens with two attached hydrogens (primary N) is 1. The summed E-state index contributed by atoms with van der Waals surface area (Å²) in [7, 11) is 1.56. The zero-order valence-corrected chi connectivity index (χ0v) is 18.4. The third-order valence-corrected chi connectivity index (χ3v) is 7.07. The van der Waals surface area contributed by atoms with Crippen molar-refractivity contribution in [1.29, 1.82) is 0 Å². The van der Waals surface area contributed by atoms with E-state index in [-0.39, 0.29) is 36.4 Å². The van der Waals surface area contributed by atoms with Crippen molar-refractivity contribution >= 4 is 11.9 Å². The average molecular weight is 457 g/mol. The maximum absolute atomic E-state index is 14.6. The third-order valence-electron chi connectivity index (χ3n) is 7.07. The van der Waals surface area contributed by atoms with E-state index < -0.39 is 29.8 Å². The number of nitrogens with zero attached hydrogens (tertiary/aromatic N) is 2. The van der Waals surface area contributed by atoms with Gasteiger partial charge in [-0.3, -0.25) is 9.69 Å². The number of carbonyl (C=O) groups excluding carboxylic acids is 1. The molecule has 174 valence electrons. The van der Waals surface area contributed by atoms with Crippen LogP contribution in [0.5, 0.6) is 0 Å². The molecule has 2 saturated carbocycles. The van der Waals surface area contributed by atoms with E-state index in [0.717, 1.165) is 25.7 Å². The highest BCUT2D eigenvalue weighted by Crippen LogP contribution is 2.50. The lowest BCUT2D eigenvalue weighted by atomic mass is 9.67. The lowest BCUT2D eigenvalue weighted by Crippen LogP contribution is -2.52. The van der Waals surface area contributed by atoms with Crippen LogP contribution >= 0.6 is 0 Å². The van der Waals surface area contributed by atoms with Crippen LogP contribution in [0.15, 0.2) is 52.0 Å². The first kappa shape index (κ1) is 21.9. The van der Waals surface area contributed by atoms with Gasteiger partial charge < -0.3 is 10.5 Å². The van der Waals surface area contributed by atoms with E-state index in [9.17, 15) is 18.0 Å². The minimum Gasteiger partial charge on any atom is -0.435 e. The number of allylic oxidation sites excluding steroid dienone is 5. The lowest BCUT2D eigenvalue weighted by Gasteiger charge is -2.39. The van der Waals surface area contributed by atoms with Gasteiger partial charge >= 0.3 is 6.61 Å². The number of carbonyl (C=O) groups is 1. The van der Waals surface area contributed by atoms with E-state index >= 15 is 0 Å². The summed E-state index contributed by atoms with van der Waals surface area (Å²) in [6, 6.07) is 0. The normalized spacial score (nSPS) is 31.8. The highest BCUT2D eigenvalue weighted by Gasteiger charge is 2.56. The van der Waals surface area contributed by atoms with Crippen molar-refractivity contribution in [3.8, 4) is 11.8 Å². The molecule has 5 rings (SSSR count). The van der Waals surface area contributed by atoms with Gasteiger partial charge in [-0.05, 0) is 62.2 Å². The van der Waals surface area contributed by atoms with Crippen molar-refractivity contribution in [2.24, 2.45) is 34.4 Å². The summed E-state index contributed by atoms with van der Waals surface area (Å²) in [5, 5.41) is 0. The number of hydrogen-bond donors (Lipinski definition) is 1. The fourth-order valence-electron chi connectivity index (χ4n) is 4.93. The standard InChI is InChI=1S/C25H26F3N3O2/c1-31-22(32)25(30-24(31)29,17-8-10-20(26)16(12-17)5-4-14-2-3-14)18-9-11-21(33-23(27)28)19(13-18)15-6-7-15/h8,10-11,13-15,17-18,23H,2-3,6-7,9,12H2,1H3,(H2,29,30)/t17?,18?,25-/m0/s1. The summed E-state index contributed by atoms with van der Waals surface area (Å²) in [6.07, 6.45) is 10.9. The zero-order valence-electron chi connectivity index (χ0n) is 18.4. The Morgan fingerprint density at radius 1 is 1.27 bits per heavy atom. The molecule has 3 atom stereocenters. The van der Waals surface area contributed by atoms with E-state index in [0.29, 0.717) is 17.1 Å². The Balaban J connectivity index is 1.52. The van der Waals surface area contributed by atoms with Crippen LogP contribution in [-0.4, -0.2) is 36.0 Å². The molecule has 0 spiro atoms. The van der Waals surface area contributed by atoms with Gasteiger partial charge in [0.05, 0.1) is 0 Å². The van der Waals surface area contributed by atoms with Gasteiger partial charge in [0, 0.05) is 30.4 Å². The van der Waals surface area contributed by atoms with Crippen LogP contribution in [-0.2, 0) is 9.53 Å². The Kier molecular flexibility index (Phi) is 5.38. The lowest BCUT2D eigenvalue weighted by molar-refractivity contribution is -0.133. The molecule has 5 nitrogen and oxygen atoms in total. The van der Waals surface area contributed by atoms with Gasteiger partial charge in [0.25, 0.3) is 5.91 Å². The topological polar surface area (TPSA) is 67.9 Å². The molecule has 1 amide bonds. The summed E-state index contributed by atoms with van der Waals surface area (Å²) in [6.45, 7) is -2.92. The van der Waals surface area contributed by atoms with E-state index in [1.807, 2.05) is 6.08 Å². The molecule has 4 aliphatic carbocycles. The predicted molar refractivity (Wildman–Crippen MR) is 117 cm³/mol.